The van der Waals surface area contributed by atoms with E-state index in [1.807, 2.05) is 0 Å². The molecule has 0 saturated heterocycles. The Morgan fingerprint density at radius 3 is 1.37 bits per heavy atom. The monoisotopic (exact) mass is 932 g/mol. The van der Waals surface area contributed by atoms with Gasteiger partial charge in [0.05, 0.1) is 28.3 Å². The maximum Gasteiger partial charge on any atom is 0.416 e. The van der Waals surface area contributed by atoms with E-state index in [4.69, 9.17) is 44.6 Å². The van der Waals surface area contributed by atoms with Gasteiger partial charge in [-0.15, -0.1) is 0 Å². The van der Waals surface area contributed by atoms with Crippen LogP contribution in [0, 0.1) is 29.1 Å². The van der Waals surface area contributed by atoms with Gasteiger partial charge in [0, 0.05) is 33.9 Å². The summed E-state index contributed by atoms with van der Waals surface area (Å²) in [5, 5.41) is 41.9. The number of rotatable bonds is 7. The zero-order chi connectivity index (χ0) is 46.9. The Labute approximate surface area is 357 Å². The number of nitrogens with two attached hydrogens (primary N) is 2. The molecule has 22 heteroatoms. The van der Waals surface area contributed by atoms with Gasteiger partial charge in [0.1, 0.15) is 23.2 Å². The molecule has 63 heavy (non-hydrogen) atoms. The van der Waals surface area contributed by atoms with Crippen molar-refractivity contribution in [2.24, 2.45) is 21.8 Å². The van der Waals surface area contributed by atoms with Crippen LogP contribution in [0.5, 0.6) is 17.2 Å². The molecule has 0 unspecified atom stereocenters. The maximum atomic E-state index is 14.2. The van der Waals surface area contributed by atoms with Crippen LogP contribution in [0.25, 0.3) is 44.5 Å². The molecule has 0 aliphatic rings. The molecule has 0 radical (unpaired) electrons. The molecule has 330 valence electrons. The maximum absolute atomic E-state index is 14.2. The first-order valence-electron chi connectivity index (χ1n) is 17.0. The quantitative estimate of drug-likeness (QED) is 0.0305. The molecule has 0 heterocycles. The van der Waals surface area contributed by atoms with E-state index in [0.717, 1.165) is 42.5 Å². The van der Waals surface area contributed by atoms with Gasteiger partial charge in [-0.2, -0.15) is 26.3 Å². The minimum atomic E-state index is -4.91. The second-order valence-corrected chi connectivity index (χ2v) is 13.8. The smallest absolute Gasteiger partial charge is 0.416 e. The number of oxime groups is 2. The highest BCUT2D eigenvalue weighted by Gasteiger charge is 2.35. The average molecular weight is 934 g/mol. The highest BCUT2D eigenvalue weighted by atomic mass is 35.5. The molecule has 0 amide bonds. The number of benzene rings is 6. The Kier molecular flexibility index (Phi) is 13.6. The number of methoxy groups -OCH3 is 1. The summed E-state index contributed by atoms with van der Waals surface area (Å²) in [6.07, 6.45) is -9.78. The van der Waals surface area contributed by atoms with Gasteiger partial charge in [-0.3, -0.25) is 0 Å². The largest absolute Gasteiger partial charge is 0.504 e. The Balaban J connectivity index is 0.000000238. The summed E-state index contributed by atoms with van der Waals surface area (Å²) in [4.78, 5) is 0. The van der Waals surface area contributed by atoms with E-state index >= 15 is 0 Å². The summed E-state index contributed by atoms with van der Waals surface area (Å²) >= 11 is 11.6. The van der Waals surface area contributed by atoms with Gasteiger partial charge >= 0.3 is 12.4 Å². The predicted octanol–water partition coefficient (Wildman–Crippen LogP) is 11.7. The van der Waals surface area contributed by atoms with E-state index in [1.54, 1.807) is 0 Å². The van der Waals surface area contributed by atoms with Crippen molar-refractivity contribution < 1.29 is 73.7 Å². The van der Waals surface area contributed by atoms with Crippen molar-refractivity contribution in [3.63, 3.8) is 0 Å². The number of nitrogens with zero attached hydrogens (tertiary/aromatic N) is 2. The van der Waals surface area contributed by atoms with E-state index in [9.17, 15) is 63.7 Å². The molecule has 0 spiro atoms. The van der Waals surface area contributed by atoms with E-state index < -0.39 is 96.9 Å². The fraction of sp³-hybridized carbons (Fsp3) is 0.0732. The summed E-state index contributed by atoms with van der Waals surface area (Å²) < 4.78 is 157. The first kappa shape index (κ1) is 47.1. The number of halogens is 13. The van der Waals surface area contributed by atoms with Crippen molar-refractivity contribution >= 4 is 34.9 Å². The standard InChI is InChI=1S/C21H14ClF5N2O3.C20H11ClF6N2O2/c1-32-17-3-2-11(23)8-13(17)18-12(9-4-15(22)19(30)16(24)5-9)6-10(21(25,26)27)7-14(18)20(28)29-31;21-15-3-8(4-16(24)18(15)30)13-5-10(20(25,26)27)6-14(19(28)29-31)17(13)9-1-11(22)7-12(23)2-9/h2-8,30-31H,1H3,(H2,28,29);1-7,30-31H,(H2,28,29). The highest BCUT2D eigenvalue weighted by Crippen LogP contribution is 2.46. The SMILES string of the molecule is COc1ccc(F)cc1-c1c(/C(N)=N/O)cc(C(F)(F)F)cc1-c1cc(F)c(O)c(Cl)c1.N/C(=N\O)c1cc(C(F)(F)F)cc(-c2cc(F)c(O)c(Cl)c2)c1-c1cc(F)cc(F)c1. The van der Waals surface area contributed by atoms with Crippen LogP contribution < -0.4 is 16.2 Å². The van der Waals surface area contributed by atoms with Crippen LogP contribution in [0.4, 0.5) is 48.3 Å². The molecule has 0 aliphatic heterocycles. The van der Waals surface area contributed by atoms with Crippen LogP contribution >= 0.6 is 23.2 Å². The van der Waals surface area contributed by atoms with Gasteiger partial charge in [-0.25, -0.2) is 22.0 Å². The molecule has 0 aliphatic carbocycles. The lowest BCUT2D eigenvalue weighted by Gasteiger charge is -2.20. The van der Waals surface area contributed by atoms with Crippen LogP contribution in [0.15, 0.2) is 95.2 Å². The molecule has 6 rings (SSSR count). The van der Waals surface area contributed by atoms with Crippen molar-refractivity contribution in [2.75, 3.05) is 7.11 Å². The van der Waals surface area contributed by atoms with Gasteiger partial charge in [-0.05, 0) is 107 Å². The molecular weight excluding hydrogens is 908 g/mol. The van der Waals surface area contributed by atoms with Gasteiger partial charge in [0.25, 0.3) is 0 Å². The third-order valence-corrected chi connectivity index (χ3v) is 9.51. The third-order valence-electron chi connectivity index (χ3n) is 8.94. The zero-order valence-electron chi connectivity index (χ0n) is 31.2. The topological polar surface area (TPSA) is 167 Å². The normalized spacial score (nSPS) is 12.2. The van der Waals surface area contributed by atoms with Crippen LogP contribution in [0.2, 0.25) is 10.0 Å². The number of ether oxygens (including phenoxy) is 1. The number of phenolic OH excluding ortho intramolecular Hbond substituents is 2. The number of amidine groups is 2. The Hall–Kier alpha value is -6.93. The second-order valence-electron chi connectivity index (χ2n) is 12.9. The number of hydrogen-bond acceptors (Lipinski definition) is 7. The van der Waals surface area contributed by atoms with Crippen molar-refractivity contribution in [1.29, 1.82) is 0 Å². The van der Waals surface area contributed by atoms with Crippen molar-refractivity contribution in [3.8, 4) is 61.8 Å². The Morgan fingerprint density at radius 2 is 0.968 bits per heavy atom. The summed E-state index contributed by atoms with van der Waals surface area (Å²) in [7, 11) is 1.25. The number of aromatic hydroxyl groups is 2. The minimum Gasteiger partial charge on any atom is -0.504 e. The van der Waals surface area contributed by atoms with Crippen molar-refractivity contribution in [3.05, 3.63) is 146 Å². The fourth-order valence-corrected chi connectivity index (χ4v) is 6.61. The van der Waals surface area contributed by atoms with E-state index in [0.29, 0.717) is 36.4 Å². The fourth-order valence-electron chi connectivity index (χ4n) is 6.20. The molecule has 6 aromatic rings. The van der Waals surface area contributed by atoms with Crippen LogP contribution in [0.3, 0.4) is 0 Å². The lowest BCUT2D eigenvalue weighted by atomic mass is 9.87. The molecule has 0 fully saturated rings. The number of hydrogen-bond donors (Lipinski definition) is 6. The summed E-state index contributed by atoms with van der Waals surface area (Å²) in [6, 6.07) is 11.2. The summed E-state index contributed by atoms with van der Waals surface area (Å²) in [6.45, 7) is 0. The average Bonchev–Trinajstić information content (AvgIpc) is 3.21. The van der Waals surface area contributed by atoms with E-state index in [2.05, 4.69) is 10.3 Å². The van der Waals surface area contributed by atoms with Gasteiger partial charge in [-0.1, -0.05) is 33.5 Å². The molecule has 0 aromatic heterocycles. The lowest BCUT2D eigenvalue weighted by molar-refractivity contribution is -0.138. The van der Waals surface area contributed by atoms with Crippen LogP contribution in [-0.2, 0) is 12.4 Å². The predicted molar refractivity (Wildman–Crippen MR) is 209 cm³/mol. The second kappa shape index (κ2) is 18.2. The first-order valence-corrected chi connectivity index (χ1v) is 17.8. The van der Waals surface area contributed by atoms with Crippen molar-refractivity contribution in [2.45, 2.75) is 12.4 Å². The van der Waals surface area contributed by atoms with Crippen LogP contribution in [0.1, 0.15) is 22.3 Å². The third kappa shape index (κ3) is 10.1. The van der Waals surface area contributed by atoms with Gasteiger partial charge < -0.3 is 36.8 Å². The molecular formula is C41H25Cl2F11N4O5. The lowest BCUT2D eigenvalue weighted by Crippen LogP contribution is -2.17. The van der Waals surface area contributed by atoms with Gasteiger partial charge in [0.15, 0.2) is 34.8 Å². The zero-order valence-corrected chi connectivity index (χ0v) is 32.8. The van der Waals surface area contributed by atoms with E-state index in [1.165, 1.54) is 13.2 Å². The number of phenols is 2. The molecule has 0 atom stereocenters. The minimum absolute atomic E-state index is 0.0461. The molecule has 9 nitrogen and oxygen atoms in total. The Morgan fingerprint density at radius 1 is 0.540 bits per heavy atom. The molecule has 0 saturated carbocycles. The summed E-state index contributed by atoms with van der Waals surface area (Å²) in [5.41, 5.74) is 5.90. The number of alkyl halides is 6. The highest BCUT2D eigenvalue weighted by molar-refractivity contribution is 6.32. The first-order chi connectivity index (χ1) is 29.4. The molecule has 8 N–H and O–H groups in total. The van der Waals surface area contributed by atoms with Crippen LogP contribution in [-0.4, -0.2) is 39.4 Å². The van der Waals surface area contributed by atoms with Gasteiger partial charge in [0.2, 0.25) is 0 Å². The van der Waals surface area contributed by atoms with E-state index in [-0.39, 0.29) is 50.3 Å². The van der Waals surface area contributed by atoms with Crippen molar-refractivity contribution in [1.82, 2.24) is 0 Å². The summed E-state index contributed by atoms with van der Waals surface area (Å²) in [5.74, 6) is -8.62. The molecule has 6 aromatic carbocycles. The Bertz CT molecular complexity index is 2750. The molecule has 0 bridgehead atoms.